The second kappa shape index (κ2) is 3.89. The normalized spacial score (nSPS) is 16.7. The van der Waals surface area contributed by atoms with Gasteiger partial charge in [-0.05, 0) is 53.6 Å². The van der Waals surface area contributed by atoms with E-state index < -0.39 is 0 Å². The van der Waals surface area contributed by atoms with Crippen LogP contribution in [-0.4, -0.2) is 4.98 Å². The zero-order valence-corrected chi connectivity index (χ0v) is 11.3. The summed E-state index contributed by atoms with van der Waals surface area (Å²) in [4.78, 5) is 5.78. The van der Waals surface area contributed by atoms with Crippen LogP contribution in [0.2, 0.25) is 0 Å². The van der Waals surface area contributed by atoms with Crippen molar-refractivity contribution in [2.45, 2.75) is 18.4 Å². The minimum atomic E-state index is -0.130. The Morgan fingerprint density at radius 3 is 2.79 bits per heavy atom. The second-order valence-electron chi connectivity index (χ2n) is 5.23. The number of hydrogen-bond donors (Lipinski definition) is 1. The van der Waals surface area contributed by atoms with E-state index in [4.69, 9.17) is 5.73 Å². The Morgan fingerprint density at radius 1 is 1.16 bits per heavy atom. The van der Waals surface area contributed by atoms with E-state index in [1.165, 1.54) is 21.4 Å². The summed E-state index contributed by atoms with van der Waals surface area (Å²) in [5.41, 5.74) is 9.82. The zero-order valence-electron chi connectivity index (χ0n) is 10.5. The molecule has 1 fully saturated rings. The van der Waals surface area contributed by atoms with Gasteiger partial charge in [0.1, 0.15) is 0 Å². The molecule has 4 rings (SSSR count). The Bertz CT molecular complexity index is 743. The number of aromatic nitrogens is 1. The number of benzene rings is 1. The fourth-order valence-corrected chi connectivity index (χ4v) is 3.30. The molecule has 3 aromatic rings. The van der Waals surface area contributed by atoms with Gasteiger partial charge in [-0.3, -0.25) is 4.98 Å². The molecule has 1 aliphatic rings. The van der Waals surface area contributed by atoms with Crippen molar-refractivity contribution in [3.8, 4) is 10.4 Å². The number of nitrogens with zero attached hydrogens (tertiary/aromatic N) is 1. The molecule has 0 bridgehead atoms. The Morgan fingerprint density at radius 2 is 2.05 bits per heavy atom. The largest absolute Gasteiger partial charge is 0.321 e. The maximum Gasteiger partial charge on any atom is 0.0711 e. The third-order valence-electron chi connectivity index (χ3n) is 3.85. The SMILES string of the molecule is NC1(c2cc(-c3cccs3)cc3ncccc23)CC1. The van der Waals surface area contributed by atoms with Crippen LogP contribution >= 0.6 is 11.3 Å². The molecule has 3 heteroatoms. The third-order valence-corrected chi connectivity index (χ3v) is 4.77. The molecule has 2 aromatic heterocycles. The fourth-order valence-electron chi connectivity index (χ4n) is 2.58. The molecule has 1 aliphatic carbocycles. The number of nitrogens with two attached hydrogens (primary N) is 1. The summed E-state index contributed by atoms with van der Waals surface area (Å²) in [6.45, 7) is 0. The van der Waals surface area contributed by atoms with E-state index in [0.29, 0.717) is 0 Å². The summed E-state index contributed by atoms with van der Waals surface area (Å²) in [6.07, 6.45) is 4.00. The van der Waals surface area contributed by atoms with Gasteiger partial charge in [-0.25, -0.2) is 0 Å². The van der Waals surface area contributed by atoms with Gasteiger partial charge in [0.25, 0.3) is 0 Å². The molecular formula is C16H14N2S. The fraction of sp³-hybridized carbons (Fsp3) is 0.188. The molecule has 0 radical (unpaired) electrons. The van der Waals surface area contributed by atoms with Crippen LogP contribution in [0.15, 0.2) is 48.0 Å². The van der Waals surface area contributed by atoms with Crippen molar-refractivity contribution in [1.29, 1.82) is 0 Å². The lowest BCUT2D eigenvalue weighted by Crippen LogP contribution is -2.19. The standard InChI is InChI=1S/C16H14N2S/c17-16(5-6-16)13-9-11(15-4-2-8-19-15)10-14-12(13)3-1-7-18-14/h1-4,7-10H,5-6,17H2. The highest BCUT2D eigenvalue weighted by atomic mass is 32.1. The zero-order chi connectivity index (χ0) is 12.9. The average molecular weight is 266 g/mol. The topological polar surface area (TPSA) is 38.9 Å². The van der Waals surface area contributed by atoms with Crippen LogP contribution in [0.4, 0.5) is 0 Å². The van der Waals surface area contributed by atoms with Gasteiger partial charge in [0, 0.05) is 22.0 Å². The van der Waals surface area contributed by atoms with Gasteiger partial charge in [-0.2, -0.15) is 0 Å². The predicted molar refractivity (Wildman–Crippen MR) is 80.2 cm³/mol. The minimum absolute atomic E-state index is 0.130. The number of thiophene rings is 1. The van der Waals surface area contributed by atoms with Crippen LogP contribution in [0, 0.1) is 0 Å². The quantitative estimate of drug-likeness (QED) is 0.763. The molecule has 1 aromatic carbocycles. The Hall–Kier alpha value is -1.71. The monoisotopic (exact) mass is 266 g/mol. The van der Waals surface area contributed by atoms with Gasteiger partial charge in [-0.15, -0.1) is 11.3 Å². The molecule has 0 spiro atoms. The number of rotatable bonds is 2. The van der Waals surface area contributed by atoms with E-state index in [2.05, 4.69) is 40.7 Å². The Labute approximate surface area is 115 Å². The summed E-state index contributed by atoms with van der Waals surface area (Å²) in [6, 6.07) is 12.8. The van der Waals surface area contributed by atoms with Crippen LogP contribution in [0.1, 0.15) is 18.4 Å². The van der Waals surface area contributed by atoms with Gasteiger partial charge in [0.2, 0.25) is 0 Å². The first-order valence-corrected chi connectivity index (χ1v) is 7.36. The highest BCUT2D eigenvalue weighted by Gasteiger charge is 2.41. The van der Waals surface area contributed by atoms with Gasteiger partial charge < -0.3 is 5.73 Å². The first kappa shape index (κ1) is 11.1. The molecule has 0 saturated heterocycles. The molecule has 0 unspecified atom stereocenters. The van der Waals surface area contributed by atoms with Gasteiger partial charge in [0.05, 0.1) is 5.52 Å². The summed E-state index contributed by atoms with van der Waals surface area (Å²) >= 11 is 1.76. The molecule has 2 nitrogen and oxygen atoms in total. The summed E-state index contributed by atoms with van der Waals surface area (Å²) < 4.78 is 0. The van der Waals surface area contributed by atoms with E-state index in [-0.39, 0.29) is 5.54 Å². The lowest BCUT2D eigenvalue weighted by molar-refractivity contribution is 0.748. The maximum atomic E-state index is 6.43. The molecular weight excluding hydrogens is 252 g/mol. The summed E-state index contributed by atoms with van der Waals surface area (Å²) in [5.74, 6) is 0. The molecule has 0 amide bonds. The van der Waals surface area contributed by atoms with E-state index in [9.17, 15) is 0 Å². The van der Waals surface area contributed by atoms with Crippen molar-refractivity contribution >= 4 is 22.2 Å². The maximum absolute atomic E-state index is 6.43. The average Bonchev–Trinajstić information content (AvgIpc) is 2.98. The lowest BCUT2D eigenvalue weighted by Gasteiger charge is -2.14. The van der Waals surface area contributed by atoms with E-state index >= 15 is 0 Å². The number of hydrogen-bond acceptors (Lipinski definition) is 3. The first-order valence-electron chi connectivity index (χ1n) is 6.48. The van der Waals surface area contributed by atoms with Crippen LogP contribution in [-0.2, 0) is 5.54 Å². The van der Waals surface area contributed by atoms with Crippen molar-refractivity contribution < 1.29 is 0 Å². The third kappa shape index (κ3) is 1.78. The Balaban J connectivity index is 2.02. The van der Waals surface area contributed by atoms with Gasteiger partial charge in [0.15, 0.2) is 0 Å². The van der Waals surface area contributed by atoms with Crippen molar-refractivity contribution in [3.63, 3.8) is 0 Å². The van der Waals surface area contributed by atoms with Gasteiger partial charge >= 0.3 is 0 Å². The predicted octanol–water partition coefficient (Wildman–Crippen LogP) is 3.91. The van der Waals surface area contributed by atoms with Crippen molar-refractivity contribution in [1.82, 2.24) is 4.98 Å². The van der Waals surface area contributed by atoms with E-state index in [1.807, 2.05) is 12.3 Å². The van der Waals surface area contributed by atoms with Crippen LogP contribution < -0.4 is 5.73 Å². The van der Waals surface area contributed by atoms with Crippen molar-refractivity contribution in [2.75, 3.05) is 0 Å². The molecule has 2 heterocycles. The van der Waals surface area contributed by atoms with Crippen LogP contribution in [0.3, 0.4) is 0 Å². The van der Waals surface area contributed by atoms with E-state index in [0.717, 1.165) is 18.4 Å². The van der Waals surface area contributed by atoms with Crippen molar-refractivity contribution in [2.24, 2.45) is 5.73 Å². The lowest BCUT2D eigenvalue weighted by atomic mass is 9.96. The van der Waals surface area contributed by atoms with Gasteiger partial charge in [-0.1, -0.05) is 12.1 Å². The molecule has 0 aliphatic heterocycles. The molecule has 1 saturated carbocycles. The first-order chi connectivity index (χ1) is 9.26. The highest BCUT2D eigenvalue weighted by molar-refractivity contribution is 7.13. The second-order valence-corrected chi connectivity index (χ2v) is 6.18. The number of pyridine rings is 1. The summed E-state index contributed by atoms with van der Waals surface area (Å²) in [7, 11) is 0. The highest BCUT2D eigenvalue weighted by Crippen LogP contribution is 2.46. The van der Waals surface area contributed by atoms with E-state index in [1.54, 1.807) is 11.3 Å². The van der Waals surface area contributed by atoms with Crippen LogP contribution in [0.5, 0.6) is 0 Å². The smallest absolute Gasteiger partial charge is 0.0711 e. The summed E-state index contributed by atoms with van der Waals surface area (Å²) in [5, 5.41) is 3.30. The number of fused-ring (bicyclic) bond motifs is 1. The van der Waals surface area contributed by atoms with Crippen LogP contribution in [0.25, 0.3) is 21.3 Å². The molecule has 0 atom stereocenters. The Kier molecular flexibility index (Phi) is 2.28. The van der Waals surface area contributed by atoms with Crippen molar-refractivity contribution in [3.05, 3.63) is 53.5 Å². The molecule has 2 N–H and O–H groups in total. The molecule has 19 heavy (non-hydrogen) atoms. The minimum Gasteiger partial charge on any atom is -0.321 e. The molecule has 94 valence electrons.